The van der Waals surface area contributed by atoms with Gasteiger partial charge in [-0.05, 0) is 25.0 Å². The highest BCUT2D eigenvalue weighted by atomic mass is 79.9. The SMILES string of the molecule is CCC(Br)CNC(=O)c1cc(C)ccc1[N+](=O)[O-]. The summed E-state index contributed by atoms with van der Waals surface area (Å²) in [4.78, 5) is 22.4. The lowest BCUT2D eigenvalue weighted by Gasteiger charge is -2.09. The van der Waals surface area contributed by atoms with E-state index in [-0.39, 0.29) is 16.1 Å². The highest BCUT2D eigenvalue weighted by Crippen LogP contribution is 2.19. The first kappa shape index (κ1) is 14.6. The normalized spacial score (nSPS) is 11.9. The summed E-state index contributed by atoms with van der Waals surface area (Å²) in [5.41, 5.74) is 0.758. The molecule has 0 saturated heterocycles. The van der Waals surface area contributed by atoms with Crippen molar-refractivity contribution in [3.05, 3.63) is 39.4 Å². The molecule has 1 amide bonds. The number of nitro groups is 1. The first-order valence-corrected chi connectivity index (χ1v) is 6.54. The Labute approximate surface area is 114 Å². The van der Waals surface area contributed by atoms with Gasteiger partial charge >= 0.3 is 0 Å². The van der Waals surface area contributed by atoms with Crippen LogP contribution < -0.4 is 5.32 Å². The minimum absolute atomic E-state index is 0.107. The quantitative estimate of drug-likeness (QED) is 0.516. The number of carbonyl (C=O) groups is 1. The highest BCUT2D eigenvalue weighted by Gasteiger charge is 2.20. The standard InChI is InChI=1S/C12H15BrN2O3/c1-3-9(13)7-14-12(16)10-6-8(2)4-5-11(10)15(17)18/h4-6,9H,3,7H2,1-2H3,(H,14,16). The maximum atomic E-state index is 11.9. The number of hydrogen-bond donors (Lipinski definition) is 1. The van der Waals surface area contributed by atoms with Crippen LogP contribution in [0.4, 0.5) is 5.69 Å². The molecule has 1 rings (SSSR count). The fourth-order valence-electron chi connectivity index (χ4n) is 1.43. The molecule has 98 valence electrons. The Balaban J connectivity index is 2.90. The fourth-order valence-corrected chi connectivity index (χ4v) is 1.60. The second kappa shape index (κ2) is 6.49. The van der Waals surface area contributed by atoms with Gasteiger partial charge in [0.25, 0.3) is 11.6 Å². The van der Waals surface area contributed by atoms with Crippen molar-refractivity contribution in [3.63, 3.8) is 0 Å². The van der Waals surface area contributed by atoms with Gasteiger partial charge in [-0.2, -0.15) is 0 Å². The van der Waals surface area contributed by atoms with Gasteiger partial charge in [-0.1, -0.05) is 28.9 Å². The summed E-state index contributed by atoms with van der Waals surface area (Å²) in [6.45, 7) is 4.22. The molecule has 1 N–H and O–H groups in total. The van der Waals surface area contributed by atoms with Crippen LogP contribution in [-0.2, 0) is 0 Å². The van der Waals surface area contributed by atoms with Crippen LogP contribution in [0.5, 0.6) is 0 Å². The van der Waals surface area contributed by atoms with Gasteiger partial charge in [0.05, 0.1) is 4.92 Å². The molecule has 0 aromatic heterocycles. The van der Waals surface area contributed by atoms with E-state index < -0.39 is 10.8 Å². The number of halogens is 1. The molecule has 0 bridgehead atoms. The number of benzene rings is 1. The summed E-state index contributed by atoms with van der Waals surface area (Å²) in [5.74, 6) is -0.414. The lowest BCUT2D eigenvalue weighted by atomic mass is 10.1. The van der Waals surface area contributed by atoms with Gasteiger partial charge in [0.15, 0.2) is 0 Å². The average Bonchev–Trinajstić information content (AvgIpc) is 2.34. The lowest BCUT2D eigenvalue weighted by Crippen LogP contribution is -2.29. The molecule has 0 aliphatic heterocycles. The van der Waals surface area contributed by atoms with Crippen LogP contribution in [-0.4, -0.2) is 22.2 Å². The second-order valence-electron chi connectivity index (χ2n) is 3.99. The highest BCUT2D eigenvalue weighted by molar-refractivity contribution is 9.09. The fraction of sp³-hybridized carbons (Fsp3) is 0.417. The topological polar surface area (TPSA) is 72.2 Å². The van der Waals surface area contributed by atoms with Gasteiger partial charge < -0.3 is 5.32 Å². The Bertz CT molecular complexity index is 463. The minimum Gasteiger partial charge on any atom is -0.351 e. The zero-order valence-electron chi connectivity index (χ0n) is 10.3. The molecule has 1 unspecified atom stereocenters. The monoisotopic (exact) mass is 314 g/mol. The molecule has 0 heterocycles. The van der Waals surface area contributed by atoms with E-state index in [1.165, 1.54) is 12.1 Å². The molecule has 1 aromatic carbocycles. The Morgan fingerprint density at radius 3 is 2.78 bits per heavy atom. The molecule has 0 radical (unpaired) electrons. The summed E-state index contributed by atoms with van der Waals surface area (Å²) in [5, 5.41) is 13.5. The van der Waals surface area contributed by atoms with Gasteiger partial charge in [-0.15, -0.1) is 0 Å². The van der Waals surface area contributed by atoms with E-state index in [2.05, 4.69) is 21.2 Å². The third-order valence-corrected chi connectivity index (χ3v) is 3.49. The Hall–Kier alpha value is -1.43. The van der Waals surface area contributed by atoms with Gasteiger partial charge in [0.1, 0.15) is 5.56 Å². The molecule has 0 aliphatic rings. The van der Waals surface area contributed by atoms with Crippen LogP contribution in [0, 0.1) is 17.0 Å². The van der Waals surface area contributed by atoms with Crippen LogP contribution in [0.2, 0.25) is 0 Å². The van der Waals surface area contributed by atoms with Crippen molar-refractivity contribution in [1.29, 1.82) is 0 Å². The van der Waals surface area contributed by atoms with Crippen molar-refractivity contribution in [2.45, 2.75) is 25.1 Å². The van der Waals surface area contributed by atoms with Crippen LogP contribution in [0.1, 0.15) is 29.3 Å². The molecular formula is C12H15BrN2O3. The number of alkyl halides is 1. The summed E-state index contributed by atoms with van der Waals surface area (Å²) in [6, 6.07) is 4.51. The molecule has 18 heavy (non-hydrogen) atoms. The van der Waals surface area contributed by atoms with Crippen LogP contribution in [0.3, 0.4) is 0 Å². The summed E-state index contributed by atoms with van der Waals surface area (Å²) in [6.07, 6.45) is 0.871. The smallest absolute Gasteiger partial charge is 0.282 e. The second-order valence-corrected chi connectivity index (χ2v) is 5.29. The predicted molar refractivity (Wildman–Crippen MR) is 73.2 cm³/mol. The number of carbonyl (C=O) groups excluding carboxylic acids is 1. The van der Waals surface area contributed by atoms with Crippen molar-refractivity contribution in [2.75, 3.05) is 6.54 Å². The number of nitro benzene ring substituents is 1. The van der Waals surface area contributed by atoms with Crippen LogP contribution in [0.15, 0.2) is 18.2 Å². The van der Waals surface area contributed by atoms with Crippen LogP contribution in [0.25, 0.3) is 0 Å². The zero-order chi connectivity index (χ0) is 13.7. The lowest BCUT2D eigenvalue weighted by molar-refractivity contribution is -0.385. The minimum atomic E-state index is -0.542. The molecule has 1 atom stereocenters. The molecule has 1 aromatic rings. The summed E-state index contributed by atoms with van der Waals surface area (Å²) in [7, 11) is 0. The molecular weight excluding hydrogens is 300 g/mol. The molecule has 0 fully saturated rings. The van der Waals surface area contributed by atoms with E-state index in [0.717, 1.165) is 12.0 Å². The Morgan fingerprint density at radius 1 is 1.56 bits per heavy atom. The molecule has 0 spiro atoms. The van der Waals surface area contributed by atoms with Gasteiger partial charge in [-0.3, -0.25) is 14.9 Å². The van der Waals surface area contributed by atoms with Gasteiger partial charge in [0, 0.05) is 17.4 Å². The summed E-state index contributed by atoms with van der Waals surface area (Å²) < 4.78 is 0. The first-order valence-electron chi connectivity index (χ1n) is 5.63. The van der Waals surface area contributed by atoms with E-state index in [1.54, 1.807) is 13.0 Å². The van der Waals surface area contributed by atoms with Crippen molar-refractivity contribution >= 4 is 27.5 Å². The van der Waals surface area contributed by atoms with E-state index in [0.29, 0.717) is 6.54 Å². The Morgan fingerprint density at radius 2 is 2.22 bits per heavy atom. The molecule has 6 heteroatoms. The number of nitrogens with zero attached hydrogens (tertiary/aromatic N) is 1. The van der Waals surface area contributed by atoms with Crippen molar-refractivity contribution < 1.29 is 9.72 Å². The van der Waals surface area contributed by atoms with Crippen molar-refractivity contribution in [2.24, 2.45) is 0 Å². The third-order valence-electron chi connectivity index (χ3n) is 2.52. The third kappa shape index (κ3) is 3.80. The average molecular weight is 315 g/mol. The maximum absolute atomic E-state index is 11.9. The molecule has 5 nitrogen and oxygen atoms in total. The van der Waals surface area contributed by atoms with Crippen molar-refractivity contribution in [3.8, 4) is 0 Å². The number of nitrogens with one attached hydrogen (secondary N) is 1. The van der Waals surface area contributed by atoms with E-state index >= 15 is 0 Å². The van der Waals surface area contributed by atoms with E-state index in [1.807, 2.05) is 6.92 Å². The molecule has 0 aliphatic carbocycles. The van der Waals surface area contributed by atoms with Gasteiger partial charge in [-0.25, -0.2) is 0 Å². The number of aryl methyl sites for hydroxylation is 1. The maximum Gasteiger partial charge on any atom is 0.282 e. The van der Waals surface area contributed by atoms with E-state index in [9.17, 15) is 14.9 Å². The first-order chi connectivity index (χ1) is 8.45. The molecule has 0 saturated carbocycles. The zero-order valence-corrected chi connectivity index (χ0v) is 11.9. The van der Waals surface area contributed by atoms with Crippen LogP contribution >= 0.6 is 15.9 Å². The number of hydrogen-bond acceptors (Lipinski definition) is 3. The van der Waals surface area contributed by atoms with E-state index in [4.69, 9.17) is 0 Å². The van der Waals surface area contributed by atoms with Crippen molar-refractivity contribution in [1.82, 2.24) is 5.32 Å². The largest absolute Gasteiger partial charge is 0.351 e. The number of rotatable bonds is 5. The summed E-state index contributed by atoms with van der Waals surface area (Å²) >= 11 is 3.39. The van der Waals surface area contributed by atoms with Gasteiger partial charge in [0.2, 0.25) is 0 Å². The number of amides is 1. The predicted octanol–water partition coefficient (Wildman–Crippen LogP) is 2.81. The Kier molecular flexibility index (Phi) is 5.27.